The van der Waals surface area contributed by atoms with E-state index in [0.29, 0.717) is 19.5 Å². The molecule has 0 bridgehead atoms. The number of piperidine rings is 1. The monoisotopic (exact) mass is 431 g/mol. The lowest BCUT2D eigenvalue weighted by molar-refractivity contribution is -0.139. The number of rotatable bonds is 6. The number of nitrogens with zero attached hydrogens (tertiary/aromatic N) is 1. The van der Waals surface area contributed by atoms with Crippen molar-refractivity contribution in [1.82, 2.24) is 4.90 Å². The van der Waals surface area contributed by atoms with Crippen LogP contribution in [0.2, 0.25) is 0 Å². The van der Waals surface area contributed by atoms with E-state index in [9.17, 15) is 22.8 Å². The summed E-state index contributed by atoms with van der Waals surface area (Å²) in [6.07, 6.45) is -3.85. The molecule has 1 aromatic rings. The van der Waals surface area contributed by atoms with Crippen LogP contribution in [0.3, 0.4) is 0 Å². The first-order valence-electron chi connectivity index (χ1n) is 9.88. The van der Waals surface area contributed by atoms with Crippen LogP contribution >= 0.6 is 0 Å². The number of carboxylic acid groups (broad SMARTS) is 1. The van der Waals surface area contributed by atoms with Crippen molar-refractivity contribution >= 4 is 12.1 Å². The topological polar surface area (TPSA) is 76.1 Å². The summed E-state index contributed by atoms with van der Waals surface area (Å²) >= 11 is 0. The van der Waals surface area contributed by atoms with Gasteiger partial charge in [-0.1, -0.05) is 6.07 Å². The van der Waals surface area contributed by atoms with Gasteiger partial charge in [-0.2, -0.15) is 13.2 Å². The molecule has 1 N–H and O–H groups in total. The Morgan fingerprint density at radius 1 is 1.23 bits per heavy atom. The second-order valence-electron chi connectivity index (χ2n) is 8.47. The molecule has 1 aliphatic heterocycles. The molecular formula is C21H28F3NO5. The Hall–Kier alpha value is -2.45. The largest absolute Gasteiger partial charge is 0.493 e. The summed E-state index contributed by atoms with van der Waals surface area (Å²) < 4.78 is 51.2. The lowest BCUT2D eigenvalue weighted by Gasteiger charge is -2.34. The van der Waals surface area contributed by atoms with Gasteiger partial charge in [0, 0.05) is 25.4 Å². The summed E-state index contributed by atoms with van der Waals surface area (Å²) in [6.45, 7) is 6.25. The minimum Gasteiger partial charge on any atom is -0.493 e. The number of hydrogen-bond donors (Lipinski definition) is 1. The Bertz CT molecular complexity index is 758. The Balaban J connectivity index is 2.03. The highest BCUT2D eigenvalue weighted by molar-refractivity contribution is 5.68. The summed E-state index contributed by atoms with van der Waals surface area (Å²) in [5.41, 5.74) is -1.26. The number of alkyl halides is 3. The molecule has 168 valence electrons. The second-order valence-corrected chi connectivity index (χ2v) is 8.47. The summed E-state index contributed by atoms with van der Waals surface area (Å²) in [6, 6.07) is 3.61. The maximum absolute atomic E-state index is 13.5. The quantitative estimate of drug-likeness (QED) is 0.704. The van der Waals surface area contributed by atoms with E-state index < -0.39 is 29.4 Å². The van der Waals surface area contributed by atoms with Crippen LogP contribution in [-0.2, 0) is 22.1 Å². The van der Waals surface area contributed by atoms with Gasteiger partial charge >= 0.3 is 18.2 Å². The summed E-state index contributed by atoms with van der Waals surface area (Å²) in [4.78, 5) is 24.5. The average molecular weight is 431 g/mol. The summed E-state index contributed by atoms with van der Waals surface area (Å²) in [5, 5.41) is 8.73. The van der Waals surface area contributed by atoms with Crippen LogP contribution < -0.4 is 4.74 Å². The predicted molar refractivity (Wildman–Crippen MR) is 103 cm³/mol. The number of ether oxygens (including phenoxy) is 2. The molecule has 1 saturated heterocycles. The van der Waals surface area contributed by atoms with E-state index >= 15 is 0 Å². The van der Waals surface area contributed by atoms with E-state index in [2.05, 4.69) is 0 Å². The molecule has 1 fully saturated rings. The van der Waals surface area contributed by atoms with Crippen molar-refractivity contribution in [2.75, 3.05) is 19.7 Å². The van der Waals surface area contributed by atoms with E-state index in [1.54, 1.807) is 25.7 Å². The van der Waals surface area contributed by atoms with Gasteiger partial charge in [0.25, 0.3) is 0 Å². The highest BCUT2D eigenvalue weighted by Crippen LogP contribution is 2.37. The van der Waals surface area contributed by atoms with Gasteiger partial charge in [-0.3, -0.25) is 4.79 Å². The van der Waals surface area contributed by atoms with Crippen LogP contribution in [0.25, 0.3) is 0 Å². The first-order chi connectivity index (χ1) is 13.8. The minimum atomic E-state index is -4.62. The molecular weight excluding hydrogens is 403 g/mol. The lowest BCUT2D eigenvalue weighted by atomic mass is 9.99. The molecule has 2 rings (SSSR count). The molecule has 1 unspecified atom stereocenters. The zero-order valence-corrected chi connectivity index (χ0v) is 17.4. The number of amides is 1. The number of aryl methyl sites for hydroxylation is 1. The van der Waals surface area contributed by atoms with Crippen LogP contribution in [0.1, 0.15) is 51.2 Å². The third-order valence-electron chi connectivity index (χ3n) is 4.62. The number of benzene rings is 1. The standard InChI is InChI=1S/C21H28F3NO5/c1-20(2,3)30-19(28)25-10-4-5-15(12-25)13-29-17-8-6-14(7-9-18(26)27)11-16(17)21(22,23)24/h6,8,11,15H,4-5,7,9-10,12-13H2,1-3H3,(H,26,27). The Morgan fingerprint density at radius 2 is 1.93 bits per heavy atom. The summed E-state index contributed by atoms with van der Waals surface area (Å²) in [7, 11) is 0. The molecule has 30 heavy (non-hydrogen) atoms. The van der Waals surface area contributed by atoms with Crippen LogP contribution in [0, 0.1) is 5.92 Å². The number of carboxylic acids is 1. The van der Waals surface area contributed by atoms with Crippen LogP contribution in [0.5, 0.6) is 5.75 Å². The Morgan fingerprint density at radius 3 is 2.53 bits per heavy atom. The highest BCUT2D eigenvalue weighted by atomic mass is 19.4. The van der Waals surface area contributed by atoms with E-state index in [0.717, 1.165) is 12.5 Å². The first kappa shape index (κ1) is 23.8. The van der Waals surface area contributed by atoms with E-state index in [1.165, 1.54) is 12.1 Å². The van der Waals surface area contributed by atoms with Gasteiger partial charge in [0.2, 0.25) is 0 Å². The molecule has 0 saturated carbocycles. The predicted octanol–water partition coefficient (Wildman–Crippen LogP) is 4.75. The van der Waals surface area contributed by atoms with Gasteiger partial charge in [0.05, 0.1) is 12.2 Å². The third-order valence-corrected chi connectivity index (χ3v) is 4.62. The number of aliphatic carboxylic acids is 1. The van der Waals surface area contributed by atoms with Gasteiger partial charge < -0.3 is 19.5 Å². The molecule has 9 heteroatoms. The van der Waals surface area contributed by atoms with Crippen molar-refractivity contribution in [3.8, 4) is 5.75 Å². The minimum absolute atomic E-state index is 0.00612. The molecule has 1 aliphatic rings. The molecule has 0 spiro atoms. The molecule has 0 aromatic heterocycles. The Kier molecular flexibility index (Phi) is 7.60. The van der Waals surface area contributed by atoms with Crippen molar-refractivity contribution in [2.24, 2.45) is 5.92 Å². The van der Waals surface area contributed by atoms with Crippen molar-refractivity contribution in [3.05, 3.63) is 29.3 Å². The number of likely N-dealkylation sites (tertiary alicyclic amines) is 1. The highest BCUT2D eigenvalue weighted by Gasteiger charge is 2.35. The zero-order chi connectivity index (χ0) is 22.5. The lowest BCUT2D eigenvalue weighted by Crippen LogP contribution is -2.44. The molecule has 1 amide bonds. The van der Waals surface area contributed by atoms with Crippen LogP contribution in [0.4, 0.5) is 18.0 Å². The van der Waals surface area contributed by atoms with E-state index in [1.807, 2.05) is 0 Å². The fourth-order valence-corrected chi connectivity index (χ4v) is 3.23. The average Bonchev–Trinajstić information content (AvgIpc) is 2.63. The second kappa shape index (κ2) is 9.57. The SMILES string of the molecule is CC(C)(C)OC(=O)N1CCCC(COc2ccc(CCC(=O)O)cc2C(F)(F)F)C1. The number of carbonyl (C=O) groups is 2. The smallest absolute Gasteiger partial charge is 0.419 e. The van der Waals surface area contributed by atoms with Crippen molar-refractivity contribution < 1.29 is 37.3 Å². The molecule has 0 radical (unpaired) electrons. The number of hydrogen-bond acceptors (Lipinski definition) is 4. The Labute approximate surface area is 174 Å². The molecule has 1 aromatic carbocycles. The van der Waals surface area contributed by atoms with Gasteiger partial charge in [-0.15, -0.1) is 0 Å². The maximum Gasteiger partial charge on any atom is 0.419 e. The normalized spacial score (nSPS) is 17.5. The van der Waals surface area contributed by atoms with E-state index in [4.69, 9.17) is 14.6 Å². The van der Waals surface area contributed by atoms with Crippen LogP contribution in [0.15, 0.2) is 18.2 Å². The molecule has 1 atom stereocenters. The zero-order valence-electron chi connectivity index (χ0n) is 17.4. The van der Waals surface area contributed by atoms with Crippen molar-refractivity contribution in [2.45, 2.75) is 58.2 Å². The van der Waals surface area contributed by atoms with Crippen LogP contribution in [-0.4, -0.2) is 47.4 Å². The molecule has 6 nitrogen and oxygen atoms in total. The summed E-state index contributed by atoms with van der Waals surface area (Å²) in [5.74, 6) is -1.48. The molecule has 0 aliphatic carbocycles. The maximum atomic E-state index is 13.5. The third kappa shape index (κ3) is 7.42. The van der Waals surface area contributed by atoms with Gasteiger partial charge in [-0.25, -0.2) is 4.79 Å². The number of carbonyl (C=O) groups excluding carboxylic acids is 1. The first-order valence-corrected chi connectivity index (χ1v) is 9.88. The van der Waals surface area contributed by atoms with E-state index in [-0.39, 0.29) is 36.7 Å². The van der Waals surface area contributed by atoms with Crippen molar-refractivity contribution in [1.29, 1.82) is 0 Å². The number of halogens is 3. The van der Waals surface area contributed by atoms with Gasteiger partial charge in [0.15, 0.2) is 0 Å². The van der Waals surface area contributed by atoms with Crippen molar-refractivity contribution in [3.63, 3.8) is 0 Å². The van der Waals surface area contributed by atoms with Gasteiger partial charge in [-0.05, 0) is 57.7 Å². The van der Waals surface area contributed by atoms with Gasteiger partial charge in [0.1, 0.15) is 11.4 Å². The fraction of sp³-hybridized carbons (Fsp3) is 0.619. The molecule has 1 heterocycles. The fourth-order valence-electron chi connectivity index (χ4n) is 3.23.